The second-order valence-electron chi connectivity index (χ2n) is 7.16. The summed E-state index contributed by atoms with van der Waals surface area (Å²) < 4.78 is 8.19. The topological polar surface area (TPSA) is 39.1 Å². The number of hydrogen-bond acceptors (Lipinski definition) is 3. The van der Waals surface area contributed by atoms with Crippen molar-refractivity contribution in [2.24, 2.45) is 11.3 Å². The number of hydrogen-bond donors (Lipinski definition) is 1. The monoisotopic (exact) mass is 291 g/mol. The van der Waals surface area contributed by atoms with Gasteiger partial charge in [0.25, 0.3) is 0 Å². The minimum Gasteiger partial charge on any atom is -0.377 e. The van der Waals surface area contributed by atoms with Crippen molar-refractivity contribution in [2.45, 2.75) is 65.1 Å². The molecule has 0 amide bonds. The molecule has 2 heterocycles. The van der Waals surface area contributed by atoms with Crippen molar-refractivity contribution in [2.75, 3.05) is 13.2 Å². The normalized spacial score (nSPS) is 29.4. The van der Waals surface area contributed by atoms with E-state index in [1.165, 1.54) is 24.8 Å². The van der Waals surface area contributed by atoms with Crippen LogP contribution in [0.4, 0.5) is 0 Å². The van der Waals surface area contributed by atoms with Crippen LogP contribution in [0.2, 0.25) is 0 Å². The molecule has 2 fully saturated rings. The second kappa shape index (κ2) is 6.09. The third-order valence-electron chi connectivity index (χ3n) is 4.98. The van der Waals surface area contributed by atoms with Crippen molar-refractivity contribution in [3.63, 3.8) is 0 Å². The number of nitrogens with zero attached hydrogens (tertiary/aromatic N) is 2. The first-order chi connectivity index (χ1) is 10.1. The van der Waals surface area contributed by atoms with E-state index >= 15 is 0 Å². The number of rotatable bonds is 7. The van der Waals surface area contributed by atoms with E-state index in [4.69, 9.17) is 4.74 Å². The zero-order chi connectivity index (χ0) is 14.9. The Morgan fingerprint density at radius 2 is 2.29 bits per heavy atom. The van der Waals surface area contributed by atoms with Gasteiger partial charge in [0, 0.05) is 37.4 Å². The lowest BCUT2D eigenvalue weighted by molar-refractivity contribution is 0.0298. The van der Waals surface area contributed by atoms with Crippen LogP contribution >= 0.6 is 0 Å². The van der Waals surface area contributed by atoms with Crippen LogP contribution in [0, 0.1) is 11.3 Å². The Kier molecular flexibility index (Phi) is 4.36. The Morgan fingerprint density at radius 3 is 2.90 bits per heavy atom. The van der Waals surface area contributed by atoms with Crippen molar-refractivity contribution < 1.29 is 4.74 Å². The van der Waals surface area contributed by atoms with Crippen LogP contribution in [-0.2, 0) is 17.7 Å². The molecule has 0 aromatic carbocycles. The lowest BCUT2D eigenvalue weighted by Crippen LogP contribution is -2.45. The van der Waals surface area contributed by atoms with E-state index in [2.05, 4.69) is 37.4 Å². The fourth-order valence-corrected chi connectivity index (χ4v) is 3.67. The molecule has 1 saturated carbocycles. The van der Waals surface area contributed by atoms with E-state index in [9.17, 15) is 0 Å². The van der Waals surface area contributed by atoms with Crippen LogP contribution in [0.3, 0.4) is 0 Å². The van der Waals surface area contributed by atoms with Crippen molar-refractivity contribution in [1.29, 1.82) is 0 Å². The van der Waals surface area contributed by atoms with Crippen LogP contribution < -0.4 is 5.32 Å². The molecule has 1 aliphatic carbocycles. The highest BCUT2D eigenvalue weighted by Crippen LogP contribution is 2.49. The Morgan fingerprint density at radius 1 is 1.48 bits per heavy atom. The van der Waals surface area contributed by atoms with Gasteiger partial charge in [-0.3, -0.25) is 4.68 Å². The molecule has 3 rings (SSSR count). The Labute approximate surface area is 128 Å². The van der Waals surface area contributed by atoms with Gasteiger partial charge in [0.15, 0.2) is 0 Å². The lowest BCUT2D eigenvalue weighted by Gasteiger charge is -2.35. The molecule has 1 aromatic rings. The first-order valence-electron chi connectivity index (χ1n) is 8.49. The van der Waals surface area contributed by atoms with Crippen LogP contribution in [0.15, 0.2) is 12.4 Å². The minimum atomic E-state index is 0.257. The molecule has 2 aliphatic rings. The highest BCUT2D eigenvalue weighted by Gasteiger charge is 2.50. The molecule has 1 N–H and O–H groups in total. The van der Waals surface area contributed by atoms with E-state index in [1.54, 1.807) is 0 Å². The first-order valence-corrected chi connectivity index (χ1v) is 8.49. The maximum Gasteiger partial charge on any atom is 0.0675 e. The summed E-state index contributed by atoms with van der Waals surface area (Å²) in [7, 11) is 0. The van der Waals surface area contributed by atoms with Gasteiger partial charge in [-0.05, 0) is 44.1 Å². The van der Waals surface area contributed by atoms with Crippen LogP contribution in [-0.4, -0.2) is 35.1 Å². The fourth-order valence-electron chi connectivity index (χ4n) is 3.67. The summed E-state index contributed by atoms with van der Waals surface area (Å²) in [6.45, 7) is 9.51. The molecule has 4 heteroatoms. The molecule has 21 heavy (non-hydrogen) atoms. The zero-order valence-corrected chi connectivity index (χ0v) is 13.6. The van der Waals surface area contributed by atoms with E-state index in [1.807, 2.05) is 10.9 Å². The molecule has 0 bridgehead atoms. The average molecular weight is 291 g/mol. The van der Waals surface area contributed by atoms with E-state index in [-0.39, 0.29) is 5.41 Å². The van der Waals surface area contributed by atoms with Crippen molar-refractivity contribution in [1.82, 2.24) is 15.1 Å². The standard InChI is InChI=1S/C17H29N3O/c1-4-20-11-14(10-19-20)9-17(12-18-13(2)3)7-8-21-16(17)15-5-6-15/h10-11,13,15-16,18H,4-9,12H2,1-3H3. The molecule has 1 aliphatic heterocycles. The van der Waals surface area contributed by atoms with Gasteiger partial charge in [0.05, 0.1) is 12.3 Å². The molecule has 2 unspecified atom stereocenters. The number of ether oxygens (including phenoxy) is 1. The summed E-state index contributed by atoms with van der Waals surface area (Å²) >= 11 is 0. The summed E-state index contributed by atoms with van der Waals surface area (Å²) in [6, 6.07) is 0.528. The summed E-state index contributed by atoms with van der Waals surface area (Å²) in [4.78, 5) is 0. The van der Waals surface area contributed by atoms with Gasteiger partial charge in [0.2, 0.25) is 0 Å². The molecule has 1 saturated heterocycles. The number of aromatic nitrogens is 2. The summed E-state index contributed by atoms with van der Waals surface area (Å²) in [6.07, 6.45) is 9.65. The maximum atomic E-state index is 6.16. The SMILES string of the molecule is CCn1cc(CC2(CNC(C)C)CCOC2C2CC2)cn1. The Balaban J connectivity index is 1.77. The van der Waals surface area contributed by atoms with Crippen LogP contribution in [0.5, 0.6) is 0 Å². The molecule has 118 valence electrons. The third-order valence-corrected chi connectivity index (χ3v) is 4.98. The summed E-state index contributed by atoms with van der Waals surface area (Å²) in [5.41, 5.74) is 1.62. The summed E-state index contributed by atoms with van der Waals surface area (Å²) in [5.74, 6) is 0.794. The minimum absolute atomic E-state index is 0.257. The largest absolute Gasteiger partial charge is 0.377 e. The number of nitrogens with one attached hydrogen (secondary N) is 1. The Hall–Kier alpha value is -0.870. The molecule has 4 nitrogen and oxygen atoms in total. The fraction of sp³-hybridized carbons (Fsp3) is 0.824. The summed E-state index contributed by atoms with van der Waals surface area (Å²) in [5, 5.41) is 8.12. The third kappa shape index (κ3) is 3.32. The van der Waals surface area contributed by atoms with Gasteiger partial charge in [-0.1, -0.05) is 13.8 Å². The van der Waals surface area contributed by atoms with E-state index in [0.29, 0.717) is 12.1 Å². The highest BCUT2D eigenvalue weighted by atomic mass is 16.5. The lowest BCUT2D eigenvalue weighted by atomic mass is 9.74. The van der Waals surface area contributed by atoms with Crippen LogP contribution in [0.1, 0.15) is 45.6 Å². The van der Waals surface area contributed by atoms with Gasteiger partial charge >= 0.3 is 0 Å². The van der Waals surface area contributed by atoms with Gasteiger partial charge in [-0.25, -0.2) is 0 Å². The van der Waals surface area contributed by atoms with Crippen molar-refractivity contribution in [3.05, 3.63) is 18.0 Å². The quantitative estimate of drug-likeness (QED) is 0.839. The van der Waals surface area contributed by atoms with Crippen molar-refractivity contribution in [3.8, 4) is 0 Å². The van der Waals surface area contributed by atoms with Gasteiger partial charge < -0.3 is 10.1 Å². The van der Waals surface area contributed by atoms with E-state index in [0.717, 1.165) is 32.0 Å². The zero-order valence-electron chi connectivity index (χ0n) is 13.6. The van der Waals surface area contributed by atoms with Gasteiger partial charge in [0.1, 0.15) is 0 Å². The Bertz CT molecular complexity index is 466. The van der Waals surface area contributed by atoms with Gasteiger partial charge in [-0.15, -0.1) is 0 Å². The predicted molar refractivity (Wildman–Crippen MR) is 84.3 cm³/mol. The molecule has 0 spiro atoms. The molecule has 1 aromatic heterocycles. The number of aryl methyl sites for hydroxylation is 1. The van der Waals surface area contributed by atoms with Crippen LogP contribution in [0.25, 0.3) is 0 Å². The second-order valence-corrected chi connectivity index (χ2v) is 7.16. The smallest absolute Gasteiger partial charge is 0.0675 e. The molecular formula is C17H29N3O. The van der Waals surface area contributed by atoms with Gasteiger partial charge in [-0.2, -0.15) is 5.10 Å². The molecular weight excluding hydrogens is 262 g/mol. The molecule has 0 radical (unpaired) electrons. The average Bonchev–Trinajstić information content (AvgIpc) is 3.06. The predicted octanol–water partition coefficient (Wildman–Crippen LogP) is 2.63. The molecule has 2 atom stereocenters. The van der Waals surface area contributed by atoms with E-state index < -0.39 is 0 Å². The first kappa shape index (κ1) is 15.0. The highest BCUT2D eigenvalue weighted by molar-refractivity contribution is 5.13. The van der Waals surface area contributed by atoms with Crippen molar-refractivity contribution >= 4 is 0 Å². The maximum absolute atomic E-state index is 6.16.